The fourth-order valence-electron chi connectivity index (χ4n) is 5.17. The number of nitrogens with zero attached hydrogens (tertiary/aromatic N) is 3. The lowest BCUT2D eigenvalue weighted by Crippen LogP contribution is -2.46. The molecule has 0 saturated carbocycles. The van der Waals surface area contributed by atoms with Crippen molar-refractivity contribution in [2.45, 2.75) is 44.4 Å². The first kappa shape index (κ1) is 28.4. The number of alkyl halides is 3. The molecule has 11 heteroatoms. The van der Waals surface area contributed by atoms with Gasteiger partial charge in [0, 0.05) is 69.2 Å². The SMILES string of the molecule is CC(=O)N(C)c1ccc(N2CCC(N3CCC(NC(=O)CNC(=O)c4cccc(C(F)(F)F)c4)C3)CC2)cc1. The summed E-state index contributed by atoms with van der Waals surface area (Å²) >= 11 is 0. The average Bonchev–Trinajstić information content (AvgIpc) is 3.39. The van der Waals surface area contributed by atoms with Gasteiger partial charge in [0.1, 0.15) is 0 Å². The molecule has 8 nitrogen and oxygen atoms in total. The lowest BCUT2D eigenvalue weighted by atomic mass is 10.0. The van der Waals surface area contributed by atoms with E-state index in [4.69, 9.17) is 0 Å². The van der Waals surface area contributed by atoms with Crippen LogP contribution in [0.3, 0.4) is 0 Å². The Bertz CT molecular complexity index is 1180. The van der Waals surface area contributed by atoms with Gasteiger partial charge in [0.25, 0.3) is 5.91 Å². The van der Waals surface area contributed by atoms with Crippen LogP contribution >= 0.6 is 0 Å². The smallest absolute Gasteiger partial charge is 0.371 e. The van der Waals surface area contributed by atoms with Crippen molar-refractivity contribution in [1.29, 1.82) is 0 Å². The maximum atomic E-state index is 12.9. The van der Waals surface area contributed by atoms with Crippen LogP contribution in [0.4, 0.5) is 24.5 Å². The van der Waals surface area contributed by atoms with Crippen molar-refractivity contribution in [1.82, 2.24) is 15.5 Å². The van der Waals surface area contributed by atoms with Gasteiger partial charge < -0.3 is 20.4 Å². The third-order valence-corrected chi connectivity index (χ3v) is 7.50. The molecule has 210 valence electrons. The average molecular weight is 546 g/mol. The molecule has 2 N–H and O–H groups in total. The summed E-state index contributed by atoms with van der Waals surface area (Å²) in [7, 11) is 1.76. The molecule has 2 heterocycles. The molecule has 3 amide bonds. The minimum absolute atomic E-state index is 0.0106. The first-order valence-corrected chi connectivity index (χ1v) is 13.1. The van der Waals surface area contributed by atoms with E-state index < -0.39 is 17.6 Å². The Labute approximate surface area is 226 Å². The maximum absolute atomic E-state index is 12.9. The molecule has 0 spiro atoms. The Hall–Kier alpha value is -3.60. The minimum Gasteiger partial charge on any atom is -0.371 e. The summed E-state index contributed by atoms with van der Waals surface area (Å²) in [4.78, 5) is 42.6. The molecule has 4 rings (SSSR count). The number of nitrogens with one attached hydrogen (secondary N) is 2. The summed E-state index contributed by atoms with van der Waals surface area (Å²) in [5, 5.41) is 5.34. The number of anilines is 2. The number of benzene rings is 2. The molecule has 0 radical (unpaired) electrons. The van der Waals surface area contributed by atoms with Crippen LogP contribution in [0.5, 0.6) is 0 Å². The Morgan fingerprint density at radius 2 is 1.69 bits per heavy atom. The van der Waals surface area contributed by atoms with E-state index in [-0.39, 0.29) is 30.0 Å². The van der Waals surface area contributed by atoms with E-state index in [1.165, 1.54) is 19.1 Å². The summed E-state index contributed by atoms with van der Waals surface area (Å²) in [5.41, 5.74) is 0.941. The molecular weight excluding hydrogens is 511 g/mol. The highest BCUT2D eigenvalue weighted by atomic mass is 19.4. The number of halogens is 3. The second kappa shape index (κ2) is 12.1. The second-order valence-corrected chi connectivity index (χ2v) is 10.1. The third-order valence-electron chi connectivity index (χ3n) is 7.50. The van der Waals surface area contributed by atoms with E-state index in [9.17, 15) is 27.6 Å². The molecule has 0 bridgehead atoms. The fraction of sp³-hybridized carbons (Fsp3) is 0.464. The number of hydrogen-bond acceptors (Lipinski definition) is 5. The first-order chi connectivity index (χ1) is 18.5. The first-order valence-electron chi connectivity index (χ1n) is 13.1. The van der Waals surface area contributed by atoms with Gasteiger partial charge in [-0.2, -0.15) is 13.2 Å². The van der Waals surface area contributed by atoms with Crippen LogP contribution in [0.25, 0.3) is 0 Å². The summed E-state index contributed by atoms with van der Waals surface area (Å²) in [6.07, 6.45) is -1.73. The predicted octanol–water partition coefficient (Wildman–Crippen LogP) is 3.28. The molecule has 2 fully saturated rings. The van der Waals surface area contributed by atoms with Gasteiger partial charge in [0.2, 0.25) is 11.8 Å². The molecule has 2 aliphatic rings. The highest BCUT2D eigenvalue weighted by Crippen LogP contribution is 2.30. The second-order valence-electron chi connectivity index (χ2n) is 10.1. The highest BCUT2D eigenvalue weighted by molar-refractivity contribution is 5.96. The maximum Gasteiger partial charge on any atom is 0.416 e. The van der Waals surface area contributed by atoms with Crippen molar-refractivity contribution >= 4 is 29.1 Å². The molecule has 39 heavy (non-hydrogen) atoms. The van der Waals surface area contributed by atoms with Crippen molar-refractivity contribution in [3.8, 4) is 0 Å². The Kier molecular flexibility index (Phi) is 8.79. The molecule has 0 aliphatic carbocycles. The third kappa shape index (κ3) is 7.29. The summed E-state index contributed by atoms with van der Waals surface area (Å²) in [5.74, 6) is -1.10. The van der Waals surface area contributed by atoms with E-state index >= 15 is 0 Å². The quantitative estimate of drug-likeness (QED) is 0.558. The zero-order valence-electron chi connectivity index (χ0n) is 22.1. The monoisotopic (exact) mass is 545 g/mol. The van der Waals surface area contributed by atoms with Crippen molar-refractivity contribution in [2.24, 2.45) is 0 Å². The summed E-state index contributed by atoms with van der Waals surface area (Å²) in [6, 6.07) is 12.5. The molecule has 2 aromatic rings. The normalized spacial score (nSPS) is 18.6. The number of amides is 3. The van der Waals surface area contributed by atoms with Gasteiger partial charge in [0.15, 0.2) is 0 Å². The number of likely N-dealkylation sites (tertiary alicyclic amines) is 1. The number of hydrogen-bond donors (Lipinski definition) is 2. The molecule has 1 unspecified atom stereocenters. The van der Waals surface area contributed by atoms with Crippen molar-refractivity contribution in [3.63, 3.8) is 0 Å². The van der Waals surface area contributed by atoms with Crippen molar-refractivity contribution in [3.05, 3.63) is 59.7 Å². The molecule has 2 saturated heterocycles. The van der Waals surface area contributed by atoms with Gasteiger partial charge >= 0.3 is 6.18 Å². The fourth-order valence-corrected chi connectivity index (χ4v) is 5.17. The van der Waals surface area contributed by atoms with Crippen LogP contribution in [0.15, 0.2) is 48.5 Å². The van der Waals surface area contributed by atoms with Gasteiger partial charge in [-0.15, -0.1) is 0 Å². The van der Waals surface area contributed by atoms with Crippen LogP contribution in [-0.2, 0) is 15.8 Å². The van der Waals surface area contributed by atoms with Crippen LogP contribution in [0.1, 0.15) is 42.1 Å². The zero-order chi connectivity index (χ0) is 28.2. The van der Waals surface area contributed by atoms with Crippen LogP contribution in [0, 0.1) is 0 Å². The number of piperidine rings is 1. The van der Waals surface area contributed by atoms with Gasteiger partial charge in [-0.25, -0.2) is 0 Å². The number of carbonyl (C=O) groups is 3. The Morgan fingerprint density at radius 1 is 1.00 bits per heavy atom. The molecular formula is C28H34F3N5O3. The zero-order valence-corrected chi connectivity index (χ0v) is 22.1. The standard InChI is InChI=1S/C28H34F3N5O3/c1-19(37)34(2)23-6-8-24(9-7-23)35-14-11-25(12-15-35)36-13-10-22(18-36)33-26(38)17-32-27(39)20-4-3-5-21(16-20)28(29,30)31/h3-9,16,22,25H,10-15,17-18H2,1-2H3,(H,32,39)(H,33,38). The largest absolute Gasteiger partial charge is 0.416 e. The van der Waals surface area contributed by atoms with Crippen LogP contribution in [0.2, 0.25) is 0 Å². The molecule has 2 aliphatic heterocycles. The van der Waals surface area contributed by atoms with Gasteiger partial charge in [0.05, 0.1) is 12.1 Å². The Morgan fingerprint density at radius 3 is 2.33 bits per heavy atom. The molecule has 1 atom stereocenters. The highest BCUT2D eigenvalue weighted by Gasteiger charge is 2.32. The van der Waals surface area contributed by atoms with E-state index in [0.717, 1.165) is 68.9 Å². The van der Waals surface area contributed by atoms with Crippen LogP contribution in [-0.4, -0.2) is 74.5 Å². The lowest BCUT2D eigenvalue weighted by molar-refractivity contribution is -0.137. The van der Waals surface area contributed by atoms with E-state index in [1.807, 2.05) is 24.3 Å². The minimum atomic E-state index is -4.54. The van der Waals surface area contributed by atoms with Gasteiger partial charge in [-0.3, -0.25) is 19.3 Å². The summed E-state index contributed by atoms with van der Waals surface area (Å²) in [6.45, 7) is 4.67. The van der Waals surface area contributed by atoms with Crippen molar-refractivity contribution in [2.75, 3.05) is 49.6 Å². The number of carbonyl (C=O) groups excluding carboxylic acids is 3. The summed E-state index contributed by atoms with van der Waals surface area (Å²) < 4.78 is 38.6. The predicted molar refractivity (Wildman–Crippen MR) is 143 cm³/mol. The topological polar surface area (TPSA) is 85.0 Å². The van der Waals surface area contributed by atoms with Gasteiger partial charge in [-0.05, 0) is 61.7 Å². The van der Waals surface area contributed by atoms with E-state index in [2.05, 4.69) is 20.4 Å². The number of rotatable bonds is 7. The van der Waals surface area contributed by atoms with Crippen LogP contribution < -0.4 is 20.4 Å². The molecule has 2 aromatic carbocycles. The lowest BCUT2D eigenvalue weighted by Gasteiger charge is -2.38. The van der Waals surface area contributed by atoms with Gasteiger partial charge in [-0.1, -0.05) is 6.07 Å². The molecule has 0 aromatic heterocycles. The van der Waals surface area contributed by atoms with E-state index in [1.54, 1.807) is 11.9 Å². The van der Waals surface area contributed by atoms with Crippen molar-refractivity contribution < 1.29 is 27.6 Å². The Balaban J connectivity index is 1.19. The van der Waals surface area contributed by atoms with E-state index in [0.29, 0.717) is 6.04 Å².